The first kappa shape index (κ1) is 21.7. The summed E-state index contributed by atoms with van der Waals surface area (Å²) in [4.78, 5) is 40.2. The van der Waals surface area contributed by atoms with Gasteiger partial charge in [0, 0.05) is 35.5 Å². The number of aryl methyl sites for hydroxylation is 2. The average molecular weight is 404 g/mol. The highest BCUT2D eigenvalue weighted by atomic mass is 32.2. The van der Waals surface area contributed by atoms with Crippen molar-refractivity contribution < 1.29 is 23.9 Å². The van der Waals surface area contributed by atoms with Crippen LogP contribution in [0.5, 0.6) is 0 Å². The van der Waals surface area contributed by atoms with Gasteiger partial charge in [0.15, 0.2) is 6.61 Å². The van der Waals surface area contributed by atoms with Crippen LogP contribution < -0.4 is 5.32 Å². The fraction of sp³-hybridized carbons (Fsp3) is 0.350. The second kappa shape index (κ2) is 10.7. The summed E-state index contributed by atoms with van der Waals surface area (Å²) in [7, 11) is 1.56. The molecule has 28 heavy (non-hydrogen) atoms. The van der Waals surface area contributed by atoms with Crippen LogP contribution in [0.25, 0.3) is 0 Å². The number of aromatic nitrogens is 1. The number of ether oxygens (including phenoxy) is 2. The first-order chi connectivity index (χ1) is 13.4. The third-order valence-electron chi connectivity index (χ3n) is 3.88. The van der Waals surface area contributed by atoms with E-state index in [0.717, 1.165) is 11.4 Å². The second-order valence-electron chi connectivity index (χ2n) is 6.12. The summed E-state index contributed by atoms with van der Waals surface area (Å²) < 4.78 is 10.1. The van der Waals surface area contributed by atoms with Crippen LogP contribution in [0.1, 0.15) is 32.1 Å². The Morgan fingerprint density at radius 3 is 2.57 bits per heavy atom. The molecule has 0 atom stereocenters. The fourth-order valence-electron chi connectivity index (χ4n) is 2.55. The molecule has 1 aromatic heterocycles. The molecule has 1 amide bonds. The Balaban J connectivity index is 1.93. The standard InChI is InChI=1S/C20H24N2O5S/c1-13-10-16(14(2)22-13)17(23)11-27-20(25)15-6-4-5-7-18(15)28-12-19(24)21-8-9-26-3/h4-7,10,22H,8-9,11-12H2,1-3H3,(H,21,24). The zero-order valence-electron chi connectivity index (χ0n) is 16.2. The van der Waals surface area contributed by atoms with E-state index < -0.39 is 5.97 Å². The number of amides is 1. The van der Waals surface area contributed by atoms with Gasteiger partial charge in [-0.1, -0.05) is 12.1 Å². The summed E-state index contributed by atoms with van der Waals surface area (Å²) in [5.41, 5.74) is 2.46. The first-order valence-corrected chi connectivity index (χ1v) is 9.75. The van der Waals surface area contributed by atoms with E-state index in [9.17, 15) is 14.4 Å². The van der Waals surface area contributed by atoms with Crippen molar-refractivity contribution in [3.8, 4) is 0 Å². The van der Waals surface area contributed by atoms with Crippen molar-refractivity contribution in [2.24, 2.45) is 0 Å². The number of thioether (sulfide) groups is 1. The number of hydrogen-bond donors (Lipinski definition) is 2. The summed E-state index contributed by atoms with van der Waals surface area (Å²) in [5, 5.41) is 2.72. The van der Waals surface area contributed by atoms with E-state index in [1.165, 1.54) is 11.8 Å². The monoisotopic (exact) mass is 404 g/mol. The number of rotatable bonds is 10. The van der Waals surface area contributed by atoms with Crippen LogP contribution in [-0.2, 0) is 14.3 Å². The van der Waals surface area contributed by atoms with Crippen molar-refractivity contribution in [1.29, 1.82) is 0 Å². The molecule has 0 saturated carbocycles. The topological polar surface area (TPSA) is 97.5 Å². The molecule has 0 spiro atoms. The molecule has 150 valence electrons. The minimum atomic E-state index is -0.596. The zero-order chi connectivity index (χ0) is 20.5. The number of esters is 1. The fourth-order valence-corrected chi connectivity index (χ4v) is 3.42. The molecule has 2 rings (SSSR count). The molecule has 2 N–H and O–H groups in total. The molecule has 1 aromatic carbocycles. The van der Waals surface area contributed by atoms with Gasteiger partial charge in [0.2, 0.25) is 11.7 Å². The largest absolute Gasteiger partial charge is 0.454 e. The molecule has 0 radical (unpaired) electrons. The number of benzene rings is 1. The van der Waals surface area contributed by atoms with Crippen molar-refractivity contribution in [3.63, 3.8) is 0 Å². The maximum absolute atomic E-state index is 12.4. The minimum Gasteiger partial charge on any atom is -0.454 e. The molecule has 0 aliphatic carbocycles. The Bertz CT molecular complexity index is 847. The molecule has 1 heterocycles. The summed E-state index contributed by atoms with van der Waals surface area (Å²) in [6.07, 6.45) is 0. The van der Waals surface area contributed by atoms with Gasteiger partial charge in [-0.05, 0) is 32.0 Å². The molecular weight excluding hydrogens is 380 g/mol. The number of H-pyrrole nitrogens is 1. The molecular formula is C20H24N2O5S. The molecule has 0 aliphatic heterocycles. The average Bonchev–Trinajstić information content (AvgIpc) is 3.02. The van der Waals surface area contributed by atoms with E-state index in [4.69, 9.17) is 9.47 Å². The number of aromatic amines is 1. The van der Waals surface area contributed by atoms with Crippen molar-refractivity contribution in [2.75, 3.05) is 32.6 Å². The lowest BCUT2D eigenvalue weighted by Crippen LogP contribution is -2.28. The molecule has 0 fully saturated rings. The van der Waals surface area contributed by atoms with Gasteiger partial charge in [0.1, 0.15) is 0 Å². The van der Waals surface area contributed by atoms with Gasteiger partial charge in [-0.25, -0.2) is 4.79 Å². The maximum Gasteiger partial charge on any atom is 0.339 e. The number of ketones is 1. The number of Topliss-reactive ketones (excluding diaryl/α,β-unsaturated/α-hetero) is 1. The molecule has 0 aliphatic rings. The minimum absolute atomic E-state index is 0.154. The van der Waals surface area contributed by atoms with Gasteiger partial charge in [0.05, 0.1) is 17.9 Å². The summed E-state index contributed by atoms with van der Waals surface area (Å²) in [5.74, 6) is -0.855. The lowest BCUT2D eigenvalue weighted by atomic mass is 10.1. The Labute approximate surface area is 168 Å². The maximum atomic E-state index is 12.4. The Kier molecular flexibility index (Phi) is 8.28. The molecule has 0 unspecified atom stereocenters. The lowest BCUT2D eigenvalue weighted by Gasteiger charge is -2.09. The number of carbonyl (C=O) groups is 3. The van der Waals surface area contributed by atoms with Gasteiger partial charge in [0.25, 0.3) is 0 Å². The predicted molar refractivity (Wildman–Crippen MR) is 107 cm³/mol. The molecule has 7 nitrogen and oxygen atoms in total. The molecule has 0 saturated heterocycles. The van der Waals surface area contributed by atoms with E-state index in [-0.39, 0.29) is 24.1 Å². The van der Waals surface area contributed by atoms with Gasteiger partial charge in [-0.15, -0.1) is 11.8 Å². The van der Waals surface area contributed by atoms with E-state index in [2.05, 4.69) is 10.3 Å². The first-order valence-electron chi connectivity index (χ1n) is 8.76. The van der Waals surface area contributed by atoms with Gasteiger partial charge < -0.3 is 19.8 Å². The summed E-state index contributed by atoms with van der Waals surface area (Å²) >= 11 is 1.23. The highest BCUT2D eigenvalue weighted by Crippen LogP contribution is 2.23. The van der Waals surface area contributed by atoms with Crippen molar-refractivity contribution in [3.05, 3.63) is 52.8 Å². The number of hydrogen-bond acceptors (Lipinski definition) is 6. The zero-order valence-corrected chi connectivity index (χ0v) is 17.0. The Morgan fingerprint density at radius 2 is 1.89 bits per heavy atom. The van der Waals surface area contributed by atoms with Crippen LogP contribution in [0, 0.1) is 13.8 Å². The highest BCUT2D eigenvalue weighted by molar-refractivity contribution is 8.00. The second-order valence-corrected chi connectivity index (χ2v) is 7.14. The Hall–Kier alpha value is -2.58. The smallest absolute Gasteiger partial charge is 0.339 e. The van der Waals surface area contributed by atoms with E-state index in [1.54, 1.807) is 44.4 Å². The summed E-state index contributed by atoms with van der Waals surface area (Å²) in [6, 6.07) is 8.58. The van der Waals surface area contributed by atoms with Crippen molar-refractivity contribution in [2.45, 2.75) is 18.7 Å². The highest BCUT2D eigenvalue weighted by Gasteiger charge is 2.17. The normalized spacial score (nSPS) is 10.5. The quantitative estimate of drug-likeness (QED) is 0.273. The third kappa shape index (κ3) is 6.24. The Morgan fingerprint density at radius 1 is 1.14 bits per heavy atom. The van der Waals surface area contributed by atoms with E-state index in [0.29, 0.717) is 29.2 Å². The van der Waals surface area contributed by atoms with Gasteiger partial charge in [-0.3, -0.25) is 9.59 Å². The van der Waals surface area contributed by atoms with Crippen LogP contribution in [0.3, 0.4) is 0 Å². The van der Waals surface area contributed by atoms with Crippen molar-refractivity contribution in [1.82, 2.24) is 10.3 Å². The van der Waals surface area contributed by atoms with Crippen LogP contribution >= 0.6 is 11.8 Å². The lowest BCUT2D eigenvalue weighted by molar-refractivity contribution is -0.118. The third-order valence-corrected chi connectivity index (χ3v) is 4.95. The number of nitrogens with one attached hydrogen (secondary N) is 2. The summed E-state index contributed by atoms with van der Waals surface area (Å²) in [6.45, 7) is 4.18. The predicted octanol–water partition coefficient (Wildman–Crippen LogP) is 2.53. The van der Waals surface area contributed by atoms with Crippen LogP contribution in [0.4, 0.5) is 0 Å². The molecule has 0 bridgehead atoms. The number of carbonyl (C=O) groups excluding carboxylic acids is 3. The van der Waals surface area contributed by atoms with Gasteiger partial charge in [-0.2, -0.15) is 0 Å². The number of methoxy groups -OCH3 is 1. The van der Waals surface area contributed by atoms with Gasteiger partial charge >= 0.3 is 5.97 Å². The van der Waals surface area contributed by atoms with Crippen LogP contribution in [0.2, 0.25) is 0 Å². The van der Waals surface area contributed by atoms with E-state index in [1.807, 2.05) is 6.92 Å². The SMILES string of the molecule is COCCNC(=O)CSc1ccccc1C(=O)OCC(=O)c1cc(C)[nH]c1C. The van der Waals surface area contributed by atoms with E-state index >= 15 is 0 Å². The van der Waals surface area contributed by atoms with Crippen LogP contribution in [-0.4, -0.2) is 55.3 Å². The van der Waals surface area contributed by atoms with Crippen LogP contribution in [0.15, 0.2) is 35.2 Å². The molecule has 8 heteroatoms. The molecule has 2 aromatic rings. The van der Waals surface area contributed by atoms with Crippen molar-refractivity contribution >= 4 is 29.4 Å².